The fraction of sp³-hybridized carbons (Fsp3) is 0.500. The Bertz CT molecular complexity index is 407. The average molecular weight is 251 g/mol. The molecule has 0 spiro atoms. The number of nitrogens with two attached hydrogens (primary N) is 1. The number of hydrogen-bond acceptors (Lipinski definition) is 4. The highest BCUT2D eigenvalue weighted by Crippen LogP contribution is 2.22. The Kier molecular flexibility index (Phi) is 3.59. The summed E-state index contributed by atoms with van der Waals surface area (Å²) in [5.41, 5.74) is 6.34. The molecule has 1 aliphatic heterocycles. The van der Waals surface area contributed by atoms with Gasteiger partial charge in [-0.1, -0.05) is 12.2 Å². The zero-order valence-corrected chi connectivity index (χ0v) is 10.9. The highest BCUT2D eigenvalue weighted by molar-refractivity contribution is 7.80. The van der Waals surface area contributed by atoms with Gasteiger partial charge in [-0.3, -0.25) is 0 Å². The SMILES string of the molecule is CC1OCCC1N(C)c1ccc(C(N)=S)cn1. The lowest BCUT2D eigenvalue weighted by molar-refractivity contribution is 0.118. The van der Waals surface area contributed by atoms with Crippen LogP contribution < -0.4 is 10.6 Å². The topological polar surface area (TPSA) is 51.4 Å². The fourth-order valence-electron chi connectivity index (χ4n) is 2.14. The Labute approximate surface area is 107 Å². The summed E-state index contributed by atoms with van der Waals surface area (Å²) in [5.74, 6) is 0.923. The number of anilines is 1. The molecule has 2 unspecified atom stereocenters. The predicted molar refractivity (Wildman–Crippen MR) is 72.3 cm³/mol. The van der Waals surface area contributed by atoms with Crippen LogP contribution in [0, 0.1) is 0 Å². The molecule has 5 heteroatoms. The van der Waals surface area contributed by atoms with Crippen LogP contribution in [-0.2, 0) is 4.74 Å². The molecule has 1 saturated heterocycles. The number of nitrogens with zero attached hydrogens (tertiary/aromatic N) is 2. The number of pyridine rings is 1. The molecule has 0 aromatic carbocycles. The number of hydrogen-bond donors (Lipinski definition) is 1. The standard InChI is InChI=1S/C12H17N3OS/c1-8-10(5-6-16-8)15(2)11-4-3-9(7-14-11)12(13)17/h3-4,7-8,10H,5-6H2,1-2H3,(H2,13,17). The predicted octanol–water partition coefficient (Wildman–Crippen LogP) is 1.33. The first-order chi connectivity index (χ1) is 8.09. The highest BCUT2D eigenvalue weighted by Gasteiger charge is 2.28. The van der Waals surface area contributed by atoms with Crippen LogP contribution in [0.2, 0.25) is 0 Å². The Morgan fingerprint density at radius 1 is 1.59 bits per heavy atom. The van der Waals surface area contributed by atoms with E-state index in [0.29, 0.717) is 11.0 Å². The van der Waals surface area contributed by atoms with Gasteiger partial charge in [0, 0.05) is 25.4 Å². The van der Waals surface area contributed by atoms with Crippen molar-refractivity contribution in [3.05, 3.63) is 23.9 Å². The largest absolute Gasteiger partial charge is 0.389 e. The monoisotopic (exact) mass is 251 g/mol. The van der Waals surface area contributed by atoms with Crippen LogP contribution in [0.3, 0.4) is 0 Å². The minimum atomic E-state index is 0.247. The van der Waals surface area contributed by atoms with Gasteiger partial charge in [0.05, 0.1) is 12.1 Å². The molecule has 0 aliphatic carbocycles. The lowest BCUT2D eigenvalue weighted by Gasteiger charge is -2.27. The van der Waals surface area contributed by atoms with E-state index in [0.717, 1.165) is 24.4 Å². The normalized spacial score (nSPS) is 23.6. The van der Waals surface area contributed by atoms with E-state index in [9.17, 15) is 0 Å². The lowest BCUT2D eigenvalue weighted by atomic mass is 10.1. The van der Waals surface area contributed by atoms with Crippen molar-refractivity contribution in [1.29, 1.82) is 0 Å². The summed E-state index contributed by atoms with van der Waals surface area (Å²) in [7, 11) is 2.04. The summed E-state index contributed by atoms with van der Waals surface area (Å²) in [4.78, 5) is 6.91. The van der Waals surface area contributed by atoms with Crippen LogP contribution in [0.5, 0.6) is 0 Å². The first-order valence-electron chi connectivity index (χ1n) is 5.70. The molecule has 1 fully saturated rings. The Balaban J connectivity index is 2.14. The van der Waals surface area contributed by atoms with Crippen molar-refractivity contribution in [2.75, 3.05) is 18.6 Å². The van der Waals surface area contributed by atoms with Gasteiger partial charge in [-0.2, -0.15) is 0 Å². The van der Waals surface area contributed by atoms with E-state index in [1.54, 1.807) is 6.20 Å². The molecule has 0 saturated carbocycles. The molecular formula is C12H17N3OS. The second-order valence-corrected chi connectivity index (χ2v) is 4.75. The van der Waals surface area contributed by atoms with Gasteiger partial charge in [0.15, 0.2) is 0 Å². The Morgan fingerprint density at radius 2 is 2.35 bits per heavy atom. The van der Waals surface area contributed by atoms with E-state index in [1.165, 1.54) is 0 Å². The van der Waals surface area contributed by atoms with E-state index in [1.807, 2.05) is 19.2 Å². The number of likely N-dealkylation sites (N-methyl/N-ethyl adjacent to an activating group) is 1. The zero-order chi connectivity index (χ0) is 12.4. The highest BCUT2D eigenvalue weighted by atomic mass is 32.1. The van der Waals surface area contributed by atoms with Crippen LogP contribution in [0.15, 0.2) is 18.3 Å². The van der Waals surface area contributed by atoms with Crippen molar-refractivity contribution in [3.63, 3.8) is 0 Å². The summed E-state index contributed by atoms with van der Waals surface area (Å²) in [6.07, 6.45) is 3.00. The van der Waals surface area contributed by atoms with E-state index in [-0.39, 0.29) is 6.10 Å². The number of rotatable bonds is 3. The van der Waals surface area contributed by atoms with Crippen molar-refractivity contribution in [1.82, 2.24) is 4.98 Å². The quantitative estimate of drug-likeness (QED) is 0.821. The van der Waals surface area contributed by atoms with Crippen molar-refractivity contribution >= 4 is 23.0 Å². The third-order valence-corrected chi connectivity index (χ3v) is 3.46. The fourth-order valence-corrected chi connectivity index (χ4v) is 2.26. The van der Waals surface area contributed by atoms with E-state index >= 15 is 0 Å². The van der Waals surface area contributed by atoms with Crippen molar-refractivity contribution in [2.45, 2.75) is 25.5 Å². The molecule has 92 valence electrons. The van der Waals surface area contributed by atoms with Crippen LogP contribution in [0.25, 0.3) is 0 Å². The van der Waals surface area contributed by atoms with Crippen LogP contribution in [-0.4, -0.2) is 35.8 Å². The molecule has 1 aromatic heterocycles. The van der Waals surface area contributed by atoms with Crippen molar-refractivity contribution < 1.29 is 4.74 Å². The molecule has 0 bridgehead atoms. The van der Waals surface area contributed by atoms with Gasteiger partial charge < -0.3 is 15.4 Å². The summed E-state index contributed by atoms with van der Waals surface area (Å²) in [6.45, 7) is 2.92. The molecule has 17 heavy (non-hydrogen) atoms. The molecule has 4 nitrogen and oxygen atoms in total. The summed E-state index contributed by atoms with van der Waals surface area (Å²) < 4.78 is 5.56. The number of thiocarbonyl (C=S) groups is 1. The van der Waals surface area contributed by atoms with Gasteiger partial charge in [0.1, 0.15) is 10.8 Å². The minimum Gasteiger partial charge on any atom is -0.389 e. The second kappa shape index (κ2) is 4.98. The first-order valence-corrected chi connectivity index (χ1v) is 6.10. The molecule has 2 atom stereocenters. The van der Waals surface area contributed by atoms with Crippen LogP contribution >= 0.6 is 12.2 Å². The second-order valence-electron chi connectivity index (χ2n) is 4.31. The summed E-state index contributed by atoms with van der Waals surface area (Å²) in [5, 5.41) is 0. The van der Waals surface area contributed by atoms with Gasteiger partial charge in [-0.05, 0) is 25.5 Å². The molecule has 2 N–H and O–H groups in total. The maximum Gasteiger partial charge on any atom is 0.128 e. The van der Waals surface area contributed by atoms with E-state index < -0.39 is 0 Å². The van der Waals surface area contributed by atoms with Crippen molar-refractivity contribution in [3.8, 4) is 0 Å². The molecule has 2 rings (SSSR count). The maximum atomic E-state index is 5.56. The molecule has 1 aromatic rings. The third kappa shape index (κ3) is 2.56. The van der Waals surface area contributed by atoms with Gasteiger partial charge in [-0.25, -0.2) is 4.98 Å². The third-order valence-electron chi connectivity index (χ3n) is 3.23. The Morgan fingerprint density at radius 3 is 2.82 bits per heavy atom. The maximum absolute atomic E-state index is 5.56. The van der Waals surface area contributed by atoms with Gasteiger partial charge in [-0.15, -0.1) is 0 Å². The van der Waals surface area contributed by atoms with Gasteiger partial charge >= 0.3 is 0 Å². The van der Waals surface area contributed by atoms with Gasteiger partial charge in [0.25, 0.3) is 0 Å². The first kappa shape index (κ1) is 12.3. The van der Waals surface area contributed by atoms with Crippen LogP contribution in [0.4, 0.5) is 5.82 Å². The lowest BCUT2D eigenvalue weighted by Crippen LogP contribution is -2.37. The van der Waals surface area contributed by atoms with Crippen molar-refractivity contribution in [2.24, 2.45) is 5.73 Å². The van der Waals surface area contributed by atoms with E-state index in [4.69, 9.17) is 22.7 Å². The summed E-state index contributed by atoms with van der Waals surface area (Å²) >= 11 is 4.90. The molecule has 1 aliphatic rings. The van der Waals surface area contributed by atoms with Crippen LogP contribution in [0.1, 0.15) is 18.9 Å². The average Bonchev–Trinajstić information content (AvgIpc) is 2.74. The zero-order valence-electron chi connectivity index (χ0n) is 10.1. The molecule has 0 radical (unpaired) electrons. The minimum absolute atomic E-state index is 0.247. The molecule has 0 amide bonds. The molecular weight excluding hydrogens is 234 g/mol. The molecule has 2 heterocycles. The summed E-state index contributed by atoms with van der Waals surface area (Å²) in [6, 6.07) is 4.24. The van der Waals surface area contributed by atoms with Gasteiger partial charge in [0.2, 0.25) is 0 Å². The number of aromatic nitrogens is 1. The number of ether oxygens (including phenoxy) is 1. The Hall–Kier alpha value is -1.20. The smallest absolute Gasteiger partial charge is 0.128 e. The van der Waals surface area contributed by atoms with E-state index in [2.05, 4.69) is 16.8 Å².